The van der Waals surface area contributed by atoms with Crippen LogP contribution in [0.5, 0.6) is 11.5 Å². The second-order valence-electron chi connectivity index (χ2n) is 5.88. The number of benzene rings is 2. The first-order valence-electron chi connectivity index (χ1n) is 8.14. The lowest BCUT2D eigenvalue weighted by Crippen LogP contribution is -2.27. The lowest BCUT2D eigenvalue weighted by molar-refractivity contribution is 0.103. The third-order valence-corrected chi connectivity index (χ3v) is 4.26. The Kier molecular flexibility index (Phi) is 4.79. The number of halogens is 1. The predicted octanol–water partition coefficient (Wildman–Crippen LogP) is 3.20. The molecule has 1 unspecified atom stereocenters. The monoisotopic (exact) mass is 359 g/mol. The number of oxime groups is 1. The van der Waals surface area contributed by atoms with Gasteiger partial charge in [-0.3, -0.25) is 4.79 Å². The van der Waals surface area contributed by atoms with Gasteiger partial charge in [0.2, 0.25) is 0 Å². The van der Waals surface area contributed by atoms with E-state index >= 15 is 0 Å². The van der Waals surface area contributed by atoms with E-state index in [0.29, 0.717) is 29.9 Å². The molecule has 0 saturated heterocycles. The molecule has 2 aromatic rings. The minimum Gasteiger partial charge on any atom is -0.507 e. The lowest BCUT2D eigenvalue weighted by Gasteiger charge is -2.14. The molecule has 1 atom stereocenters. The van der Waals surface area contributed by atoms with E-state index in [1.54, 1.807) is 19.9 Å². The Labute approximate surface area is 149 Å². The van der Waals surface area contributed by atoms with Crippen LogP contribution < -0.4 is 4.74 Å². The summed E-state index contributed by atoms with van der Waals surface area (Å²) in [5.41, 5.74) is 0.878. The molecule has 0 saturated carbocycles. The van der Waals surface area contributed by atoms with Crippen molar-refractivity contribution < 1.29 is 29.0 Å². The quantitative estimate of drug-likeness (QED) is 0.288. The fourth-order valence-electron chi connectivity index (χ4n) is 2.99. The van der Waals surface area contributed by atoms with Crippen molar-refractivity contribution in [1.82, 2.24) is 0 Å². The average Bonchev–Trinajstić information content (AvgIpc) is 3.06. The Morgan fingerprint density at radius 2 is 2.12 bits per heavy atom. The number of carbonyl (C=O) groups excluding carboxylic acids is 1. The summed E-state index contributed by atoms with van der Waals surface area (Å²) in [7, 11) is 0. The number of aromatic hydroxyl groups is 1. The van der Waals surface area contributed by atoms with Crippen molar-refractivity contribution in [3.05, 3.63) is 58.4 Å². The van der Waals surface area contributed by atoms with E-state index in [0.717, 1.165) is 0 Å². The van der Waals surface area contributed by atoms with E-state index in [1.165, 1.54) is 24.3 Å². The number of ketones is 1. The zero-order valence-electron chi connectivity index (χ0n) is 14.3. The molecule has 0 fully saturated rings. The minimum absolute atomic E-state index is 0.00510. The molecule has 2 aromatic carbocycles. The largest absolute Gasteiger partial charge is 0.507 e. The number of carbonyl (C=O) groups is 1. The molecule has 1 aliphatic rings. The Morgan fingerprint density at radius 1 is 1.38 bits per heavy atom. The van der Waals surface area contributed by atoms with Gasteiger partial charge in [0.05, 0.1) is 17.7 Å². The van der Waals surface area contributed by atoms with Gasteiger partial charge in [0.1, 0.15) is 17.3 Å². The second kappa shape index (κ2) is 7.03. The maximum Gasteiger partial charge on any atom is 0.267 e. The smallest absolute Gasteiger partial charge is 0.267 e. The molecular weight excluding hydrogens is 341 g/mol. The third kappa shape index (κ3) is 2.96. The lowest BCUT2D eigenvalue weighted by atomic mass is 9.95. The van der Waals surface area contributed by atoms with Crippen LogP contribution in [-0.2, 0) is 11.2 Å². The molecule has 1 heterocycles. The highest BCUT2D eigenvalue weighted by atomic mass is 19.1. The van der Waals surface area contributed by atoms with E-state index in [1.807, 2.05) is 0 Å². The van der Waals surface area contributed by atoms with Crippen LogP contribution in [0, 0.1) is 12.7 Å². The maximum atomic E-state index is 13.9. The summed E-state index contributed by atoms with van der Waals surface area (Å²) in [6.07, 6.45) is -0.361. The summed E-state index contributed by atoms with van der Waals surface area (Å²) in [4.78, 5) is 12.7. The van der Waals surface area contributed by atoms with Crippen LogP contribution >= 0.6 is 0 Å². The van der Waals surface area contributed by atoms with Crippen molar-refractivity contribution >= 4 is 11.7 Å². The number of phenols is 1. The van der Waals surface area contributed by atoms with Gasteiger partial charge in [0.25, 0.3) is 5.90 Å². The Balaban J connectivity index is 2.00. The first kappa shape index (κ1) is 17.7. The summed E-state index contributed by atoms with van der Waals surface area (Å²) in [6.45, 7) is 3.65. The molecule has 0 aromatic heterocycles. The molecule has 0 radical (unpaired) electrons. The number of hydrogen-bond donors (Lipinski definition) is 2. The third-order valence-electron chi connectivity index (χ3n) is 4.26. The molecule has 0 aliphatic carbocycles. The molecule has 0 bridgehead atoms. The minimum atomic E-state index is -0.660. The molecule has 136 valence electrons. The highest BCUT2D eigenvalue weighted by Crippen LogP contribution is 2.40. The zero-order valence-corrected chi connectivity index (χ0v) is 14.3. The fraction of sp³-hybridized carbons (Fsp3) is 0.263. The molecule has 6 nitrogen and oxygen atoms in total. The summed E-state index contributed by atoms with van der Waals surface area (Å²) in [5, 5.41) is 22.6. The van der Waals surface area contributed by atoms with E-state index in [4.69, 9.17) is 14.7 Å². The van der Waals surface area contributed by atoms with Crippen molar-refractivity contribution in [2.24, 2.45) is 5.16 Å². The van der Waals surface area contributed by atoms with Crippen molar-refractivity contribution in [2.75, 3.05) is 6.61 Å². The SMILES string of the molecule is CCO/C(=N/O)C1Cc2cc(C(=O)c3ccccc3F)c(O)c(C)c2O1. The molecule has 2 N–H and O–H groups in total. The van der Waals surface area contributed by atoms with Crippen LogP contribution in [0.15, 0.2) is 35.5 Å². The number of ether oxygens (including phenoxy) is 2. The number of hydrogen-bond acceptors (Lipinski definition) is 6. The van der Waals surface area contributed by atoms with Crippen LogP contribution in [0.1, 0.15) is 34.0 Å². The van der Waals surface area contributed by atoms with Crippen LogP contribution in [-0.4, -0.2) is 34.7 Å². The molecule has 1 aliphatic heterocycles. The maximum absolute atomic E-state index is 13.9. The van der Waals surface area contributed by atoms with Gasteiger partial charge < -0.3 is 19.8 Å². The number of phenolic OH excluding ortho intramolecular Hbond substituents is 1. The first-order valence-corrected chi connectivity index (χ1v) is 8.14. The predicted molar refractivity (Wildman–Crippen MR) is 91.6 cm³/mol. The van der Waals surface area contributed by atoms with Gasteiger partial charge in [-0.2, -0.15) is 0 Å². The summed E-state index contributed by atoms with van der Waals surface area (Å²) in [5.74, 6) is -1.12. The van der Waals surface area contributed by atoms with Crippen molar-refractivity contribution in [2.45, 2.75) is 26.4 Å². The number of rotatable bonds is 4. The van der Waals surface area contributed by atoms with Gasteiger partial charge in [-0.05, 0) is 37.6 Å². The van der Waals surface area contributed by atoms with Gasteiger partial charge in [-0.1, -0.05) is 17.3 Å². The van der Waals surface area contributed by atoms with Gasteiger partial charge in [0, 0.05) is 12.0 Å². The van der Waals surface area contributed by atoms with E-state index < -0.39 is 17.7 Å². The summed E-state index contributed by atoms with van der Waals surface area (Å²) >= 11 is 0. The van der Waals surface area contributed by atoms with E-state index in [-0.39, 0.29) is 22.8 Å². The average molecular weight is 359 g/mol. The van der Waals surface area contributed by atoms with Crippen molar-refractivity contribution in [3.8, 4) is 11.5 Å². The molecule has 7 heteroatoms. The van der Waals surface area contributed by atoms with Gasteiger partial charge in [-0.15, -0.1) is 0 Å². The molecule has 0 amide bonds. The highest BCUT2D eigenvalue weighted by molar-refractivity contribution is 6.11. The number of nitrogens with zero attached hydrogens (tertiary/aromatic N) is 1. The van der Waals surface area contributed by atoms with Crippen LogP contribution in [0.3, 0.4) is 0 Å². The molecule has 3 rings (SSSR count). The zero-order chi connectivity index (χ0) is 18.8. The molecular formula is C19H18FNO5. The summed E-state index contributed by atoms with van der Waals surface area (Å²) in [6, 6.07) is 7.08. The van der Waals surface area contributed by atoms with Crippen LogP contribution in [0.25, 0.3) is 0 Å². The number of fused-ring (bicyclic) bond motifs is 1. The summed E-state index contributed by atoms with van der Waals surface area (Å²) < 4.78 is 24.9. The molecule has 0 spiro atoms. The van der Waals surface area contributed by atoms with Crippen molar-refractivity contribution in [3.63, 3.8) is 0 Å². The topological polar surface area (TPSA) is 88.4 Å². The first-order chi connectivity index (χ1) is 12.5. The van der Waals surface area contributed by atoms with Crippen LogP contribution in [0.4, 0.5) is 4.39 Å². The second-order valence-corrected chi connectivity index (χ2v) is 5.88. The Bertz CT molecular complexity index is 894. The van der Waals surface area contributed by atoms with Gasteiger partial charge in [-0.25, -0.2) is 4.39 Å². The normalized spacial score (nSPS) is 16.1. The molecule has 26 heavy (non-hydrogen) atoms. The fourth-order valence-corrected chi connectivity index (χ4v) is 2.99. The van der Waals surface area contributed by atoms with E-state index in [9.17, 15) is 14.3 Å². The van der Waals surface area contributed by atoms with Gasteiger partial charge in [0.15, 0.2) is 11.9 Å². The Morgan fingerprint density at radius 3 is 2.77 bits per heavy atom. The Hall–Kier alpha value is -3.09. The van der Waals surface area contributed by atoms with Crippen molar-refractivity contribution in [1.29, 1.82) is 0 Å². The standard InChI is InChI=1S/C19H18FNO5/c1-3-25-19(21-24)15-9-11-8-13(16(22)10(2)18(11)26-15)17(23)12-6-4-5-7-14(12)20/h4-8,15,22,24H,3,9H2,1-2H3/b21-19+. The van der Waals surface area contributed by atoms with Crippen LogP contribution in [0.2, 0.25) is 0 Å². The van der Waals surface area contributed by atoms with Gasteiger partial charge >= 0.3 is 0 Å². The van der Waals surface area contributed by atoms with E-state index in [2.05, 4.69) is 5.16 Å². The highest BCUT2D eigenvalue weighted by Gasteiger charge is 2.33.